The molecule has 0 unspecified atom stereocenters. The minimum absolute atomic E-state index is 0.0831. The number of rotatable bonds is 4. The first-order chi connectivity index (χ1) is 9.52. The Balaban J connectivity index is 2.48. The van der Waals surface area contributed by atoms with Gasteiger partial charge in [-0.15, -0.1) is 0 Å². The SMILES string of the molecule is CCNCc1ccc(C)c(-c2cc(F)c(F)cc2F)c1. The highest BCUT2D eigenvalue weighted by Gasteiger charge is 2.13. The monoisotopic (exact) mass is 279 g/mol. The lowest BCUT2D eigenvalue weighted by Crippen LogP contribution is -2.11. The van der Waals surface area contributed by atoms with Crippen LogP contribution in [-0.4, -0.2) is 6.54 Å². The van der Waals surface area contributed by atoms with E-state index in [4.69, 9.17) is 0 Å². The predicted octanol–water partition coefficient (Wildman–Crippen LogP) is 4.19. The summed E-state index contributed by atoms with van der Waals surface area (Å²) in [5.74, 6) is -2.97. The molecule has 0 aromatic heterocycles. The average Bonchev–Trinajstić information content (AvgIpc) is 2.42. The second kappa shape index (κ2) is 6.09. The highest BCUT2D eigenvalue weighted by Crippen LogP contribution is 2.29. The summed E-state index contributed by atoms with van der Waals surface area (Å²) in [4.78, 5) is 0. The van der Waals surface area contributed by atoms with Gasteiger partial charge in [-0.25, -0.2) is 13.2 Å². The van der Waals surface area contributed by atoms with Crippen LogP contribution in [-0.2, 0) is 6.54 Å². The molecule has 0 aliphatic heterocycles. The molecule has 0 aliphatic carbocycles. The van der Waals surface area contributed by atoms with Crippen molar-refractivity contribution >= 4 is 0 Å². The molecule has 1 N–H and O–H groups in total. The maximum Gasteiger partial charge on any atom is 0.161 e. The first kappa shape index (κ1) is 14.6. The molecule has 0 bridgehead atoms. The normalized spacial score (nSPS) is 10.8. The van der Waals surface area contributed by atoms with Gasteiger partial charge >= 0.3 is 0 Å². The molecule has 2 aromatic rings. The second-order valence-electron chi connectivity index (χ2n) is 4.68. The Morgan fingerprint density at radius 3 is 2.30 bits per heavy atom. The number of halogens is 3. The van der Waals surface area contributed by atoms with Crippen molar-refractivity contribution in [2.24, 2.45) is 0 Å². The van der Waals surface area contributed by atoms with E-state index in [9.17, 15) is 13.2 Å². The first-order valence-electron chi connectivity index (χ1n) is 6.48. The minimum atomic E-state index is -1.17. The van der Waals surface area contributed by atoms with E-state index in [2.05, 4.69) is 5.32 Å². The Labute approximate surface area is 116 Å². The van der Waals surface area contributed by atoms with Crippen LogP contribution < -0.4 is 5.32 Å². The summed E-state index contributed by atoms with van der Waals surface area (Å²) in [6.07, 6.45) is 0. The highest BCUT2D eigenvalue weighted by atomic mass is 19.2. The Bertz CT molecular complexity index is 623. The molecule has 0 spiro atoms. The Morgan fingerprint density at radius 1 is 0.900 bits per heavy atom. The van der Waals surface area contributed by atoms with Gasteiger partial charge in [-0.3, -0.25) is 0 Å². The molecular formula is C16H16F3N. The molecule has 0 amide bonds. The van der Waals surface area contributed by atoms with Gasteiger partial charge in [0.05, 0.1) is 0 Å². The maximum atomic E-state index is 13.9. The van der Waals surface area contributed by atoms with Crippen molar-refractivity contribution in [3.63, 3.8) is 0 Å². The lowest BCUT2D eigenvalue weighted by atomic mass is 9.97. The van der Waals surface area contributed by atoms with Crippen molar-refractivity contribution in [2.75, 3.05) is 6.54 Å². The van der Waals surface area contributed by atoms with E-state index in [0.717, 1.165) is 23.7 Å². The van der Waals surface area contributed by atoms with E-state index in [0.29, 0.717) is 18.2 Å². The first-order valence-corrected chi connectivity index (χ1v) is 6.48. The topological polar surface area (TPSA) is 12.0 Å². The lowest BCUT2D eigenvalue weighted by molar-refractivity contribution is 0.496. The molecule has 0 fully saturated rings. The van der Waals surface area contributed by atoms with E-state index in [-0.39, 0.29) is 5.56 Å². The molecular weight excluding hydrogens is 263 g/mol. The van der Waals surface area contributed by atoms with Gasteiger partial charge in [0.25, 0.3) is 0 Å². The Kier molecular flexibility index (Phi) is 4.45. The van der Waals surface area contributed by atoms with Gasteiger partial charge in [0, 0.05) is 18.2 Å². The van der Waals surface area contributed by atoms with Crippen LogP contribution in [0.4, 0.5) is 13.2 Å². The summed E-state index contributed by atoms with van der Waals surface area (Å²) >= 11 is 0. The molecule has 0 aliphatic rings. The van der Waals surface area contributed by atoms with Crippen LogP contribution in [0.2, 0.25) is 0 Å². The fraction of sp³-hybridized carbons (Fsp3) is 0.250. The molecule has 1 nitrogen and oxygen atoms in total. The summed E-state index contributed by atoms with van der Waals surface area (Å²) < 4.78 is 40.2. The van der Waals surface area contributed by atoms with Crippen molar-refractivity contribution in [1.82, 2.24) is 5.32 Å². The van der Waals surface area contributed by atoms with E-state index < -0.39 is 17.5 Å². The largest absolute Gasteiger partial charge is 0.313 e. The summed E-state index contributed by atoms with van der Waals surface area (Å²) in [5.41, 5.74) is 2.45. The number of nitrogens with one attached hydrogen (secondary N) is 1. The molecule has 0 atom stereocenters. The second-order valence-corrected chi connectivity index (χ2v) is 4.68. The van der Waals surface area contributed by atoms with Crippen molar-refractivity contribution in [3.8, 4) is 11.1 Å². The Morgan fingerprint density at radius 2 is 1.60 bits per heavy atom. The van der Waals surface area contributed by atoms with Gasteiger partial charge in [0.2, 0.25) is 0 Å². The van der Waals surface area contributed by atoms with Crippen molar-refractivity contribution in [3.05, 3.63) is 58.9 Å². The van der Waals surface area contributed by atoms with E-state index >= 15 is 0 Å². The van der Waals surface area contributed by atoms with E-state index in [1.165, 1.54) is 0 Å². The zero-order valence-electron chi connectivity index (χ0n) is 11.4. The molecule has 2 rings (SSSR count). The maximum absolute atomic E-state index is 13.9. The molecule has 0 saturated carbocycles. The molecule has 2 aromatic carbocycles. The molecule has 106 valence electrons. The lowest BCUT2D eigenvalue weighted by Gasteiger charge is -2.11. The van der Waals surface area contributed by atoms with Crippen LogP contribution in [0.15, 0.2) is 30.3 Å². The molecule has 20 heavy (non-hydrogen) atoms. The summed E-state index contributed by atoms with van der Waals surface area (Å²) in [6, 6.07) is 7.07. The zero-order valence-corrected chi connectivity index (χ0v) is 11.4. The van der Waals surface area contributed by atoms with E-state index in [1.54, 1.807) is 6.07 Å². The van der Waals surface area contributed by atoms with Gasteiger partial charge in [-0.2, -0.15) is 0 Å². The third-order valence-corrected chi connectivity index (χ3v) is 3.18. The molecule has 0 saturated heterocycles. The minimum Gasteiger partial charge on any atom is -0.313 e. The molecule has 4 heteroatoms. The van der Waals surface area contributed by atoms with Crippen LogP contribution in [0.25, 0.3) is 11.1 Å². The highest BCUT2D eigenvalue weighted by molar-refractivity contribution is 5.68. The van der Waals surface area contributed by atoms with Gasteiger partial charge in [0.1, 0.15) is 5.82 Å². The van der Waals surface area contributed by atoms with Crippen molar-refractivity contribution in [1.29, 1.82) is 0 Å². The van der Waals surface area contributed by atoms with Crippen molar-refractivity contribution in [2.45, 2.75) is 20.4 Å². The fourth-order valence-electron chi connectivity index (χ4n) is 2.07. The van der Waals surface area contributed by atoms with Crippen LogP contribution in [0, 0.1) is 24.4 Å². The fourth-order valence-corrected chi connectivity index (χ4v) is 2.07. The Hall–Kier alpha value is -1.81. The standard InChI is InChI=1S/C16H16F3N/c1-3-20-9-11-5-4-10(2)12(6-11)13-7-15(18)16(19)8-14(13)17/h4-8,20H,3,9H2,1-2H3. The predicted molar refractivity (Wildman–Crippen MR) is 73.9 cm³/mol. The number of hydrogen-bond donors (Lipinski definition) is 1. The summed E-state index contributed by atoms with van der Waals surface area (Å²) in [7, 11) is 0. The third-order valence-electron chi connectivity index (χ3n) is 3.18. The third kappa shape index (κ3) is 3.02. The zero-order chi connectivity index (χ0) is 14.7. The van der Waals surface area contributed by atoms with Gasteiger partial charge < -0.3 is 5.32 Å². The molecule has 0 radical (unpaired) electrons. The van der Waals surface area contributed by atoms with Gasteiger partial charge in [0.15, 0.2) is 11.6 Å². The number of hydrogen-bond acceptors (Lipinski definition) is 1. The summed E-state index contributed by atoms with van der Waals surface area (Å²) in [5, 5.41) is 3.17. The molecule has 0 heterocycles. The van der Waals surface area contributed by atoms with Crippen LogP contribution in [0.1, 0.15) is 18.1 Å². The quantitative estimate of drug-likeness (QED) is 0.827. The smallest absolute Gasteiger partial charge is 0.161 e. The van der Waals surface area contributed by atoms with Crippen LogP contribution in [0.5, 0.6) is 0 Å². The van der Waals surface area contributed by atoms with Crippen molar-refractivity contribution < 1.29 is 13.2 Å². The summed E-state index contributed by atoms with van der Waals surface area (Å²) in [6.45, 7) is 5.27. The van der Waals surface area contributed by atoms with Crippen LogP contribution in [0.3, 0.4) is 0 Å². The number of benzene rings is 2. The van der Waals surface area contributed by atoms with Gasteiger partial charge in [-0.05, 0) is 42.3 Å². The average molecular weight is 279 g/mol. The van der Waals surface area contributed by atoms with Gasteiger partial charge in [-0.1, -0.05) is 19.1 Å². The van der Waals surface area contributed by atoms with E-state index in [1.807, 2.05) is 26.0 Å². The number of aryl methyl sites for hydroxylation is 1. The van der Waals surface area contributed by atoms with Crippen LogP contribution >= 0.6 is 0 Å².